The molecule has 0 atom stereocenters. The number of sulfone groups is 1. The van der Waals surface area contributed by atoms with Gasteiger partial charge < -0.3 is 15.4 Å². The topological polar surface area (TPSA) is 114 Å². The summed E-state index contributed by atoms with van der Waals surface area (Å²) in [5.41, 5.74) is 2.27. The number of halogens is 1. The van der Waals surface area contributed by atoms with Crippen LogP contribution in [0.4, 0.5) is 17.2 Å². The third-order valence-corrected chi connectivity index (χ3v) is 7.78. The molecule has 9 nitrogen and oxygen atoms in total. The Kier molecular flexibility index (Phi) is 8.45. The molecule has 4 rings (SSSR count). The predicted molar refractivity (Wildman–Crippen MR) is 150 cm³/mol. The standard InChI is InChI=1S/C27H28ClN5O4S/c1-4-33(2)16-26(34)29-18-8-7-9-20(14-18)38(35,36)17-25-27(31-23-11-6-5-10-22(23)30-25)32-24-15-19(37-3)12-13-21(24)28/h5-15H,4,16-17H2,1-3H3,(H,29,34)(H,31,32). The second-order valence-corrected chi connectivity index (χ2v) is 11.0. The summed E-state index contributed by atoms with van der Waals surface area (Å²) < 4.78 is 32.3. The average molecular weight is 554 g/mol. The van der Waals surface area contributed by atoms with E-state index in [1.165, 1.54) is 12.1 Å². The molecule has 0 fully saturated rings. The number of hydrogen-bond acceptors (Lipinski definition) is 8. The molecule has 0 bridgehead atoms. The molecule has 1 heterocycles. The average Bonchev–Trinajstić information content (AvgIpc) is 2.90. The van der Waals surface area contributed by atoms with Gasteiger partial charge >= 0.3 is 0 Å². The fourth-order valence-electron chi connectivity index (χ4n) is 3.68. The lowest BCUT2D eigenvalue weighted by atomic mass is 10.2. The number of nitrogens with one attached hydrogen (secondary N) is 2. The van der Waals surface area contributed by atoms with E-state index in [2.05, 4.69) is 20.6 Å². The van der Waals surface area contributed by atoms with E-state index in [1.807, 2.05) is 31.0 Å². The van der Waals surface area contributed by atoms with Crippen molar-refractivity contribution < 1.29 is 17.9 Å². The minimum atomic E-state index is -3.87. The van der Waals surface area contributed by atoms with E-state index in [0.717, 1.165) is 0 Å². The largest absolute Gasteiger partial charge is 0.497 e. The molecule has 0 saturated heterocycles. The van der Waals surface area contributed by atoms with Crippen LogP contribution in [0.5, 0.6) is 5.75 Å². The van der Waals surface area contributed by atoms with Gasteiger partial charge in [-0.3, -0.25) is 9.69 Å². The highest BCUT2D eigenvalue weighted by atomic mass is 35.5. The first-order chi connectivity index (χ1) is 18.2. The minimum absolute atomic E-state index is 0.0551. The minimum Gasteiger partial charge on any atom is -0.497 e. The Labute approximate surface area is 226 Å². The molecule has 0 radical (unpaired) electrons. The van der Waals surface area contributed by atoms with Crippen LogP contribution in [0.3, 0.4) is 0 Å². The number of anilines is 3. The number of hydrogen-bond donors (Lipinski definition) is 2. The number of aromatic nitrogens is 2. The van der Waals surface area contributed by atoms with Crippen molar-refractivity contribution in [3.8, 4) is 5.75 Å². The number of ether oxygens (including phenoxy) is 1. The highest BCUT2D eigenvalue weighted by molar-refractivity contribution is 7.90. The molecule has 4 aromatic rings. The number of carbonyl (C=O) groups excluding carboxylic acids is 1. The molecule has 38 heavy (non-hydrogen) atoms. The lowest BCUT2D eigenvalue weighted by Gasteiger charge is -2.15. The molecule has 2 N–H and O–H groups in total. The van der Waals surface area contributed by atoms with Crippen LogP contribution in [-0.4, -0.2) is 56.4 Å². The fraction of sp³-hybridized carbons (Fsp3) is 0.222. The molecule has 0 aliphatic carbocycles. The van der Waals surface area contributed by atoms with Gasteiger partial charge in [0, 0.05) is 11.8 Å². The van der Waals surface area contributed by atoms with Gasteiger partial charge in [-0.25, -0.2) is 18.4 Å². The van der Waals surface area contributed by atoms with E-state index >= 15 is 0 Å². The third kappa shape index (κ3) is 6.58. The molecular weight excluding hydrogens is 526 g/mol. The SMILES string of the molecule is CCN(C)CC(=O)Nc1cccc(S(=O)(=O)Cc2nc3ccccc3nc2Nc2cc(OC)ccc2Cl)c1. The number of likely N-dealkylation sites (N-methyl/N-ethyl adjacent to an activating group) is 1. The van der Waals surface area contributed by atoms with Crippen molar-refractivity contribution in [2.45, 2.75) is 17.6 Å². The molecule has 1 aromatic heterocycles. The monoisotopic (exact) mass is 553 g/mol. The number of methoxy groups -OCH3 is 1. The van der Waals surface area contributed by atoms with Crippen molar-refractivity contribution >= 4 is 55.6 Å². The Morgan fingerprint density at radius 2 is 1.76 bits per heavy atom. The highest BCUT2D eigenvalue weighted by Gasteiger charge is 2.22. The Morgan fingerprint density at radius 1 is 1.03 bits per heavy atom. The summed E-state index contributed by atoms with van der Waals surface area (Å²) >= 11 is 6.38. The van der Waals surface area contributed by atoms with Crippen LogP contribution >= 0.6 is 11.6 Å². The number of rotatable bonds is 10. The summed E-state index contributed by atoms with van der Waals surface area (Å²) in [5.74, 6) is 0.175. The Bertz CT molecular complexity index is 1580. The van der Waals surface area contributed by atoms with Crippen LogP contribution in [0, 0.1) is 0 Å². The zero-order valence-electron chi connectivity index (χ0n) is 21.2. The Hall–Kier alpha value is -3.73. The lowest BCUT2D eigenvalue weighted by molar-refractivity contribution is -0.117. The van der Waals surface area contributed by atoms with E-state index in [0.29, 0.717) is 39.7 Å². The first-order valence-electron chi connectivity index (χ1n) is 11.9. The maximum absolute atomic E-state index is 13.5. The molecule has 0 aliphatic rings. The molecular formula is C27H28ClN5O4S. The van der Waals surface area contributed by atoms with E-state index in [1.54, 1.807) is 49.6 Å². The summed E-state index contributed by atoms with van der Waals surface area (Å²) in [5, 5.41) is 6.30. The van der Waals surface area contributed by atoms with Gasteiger partial charge in [0.15, 0.2) is 15.7 Å². The van der Waals surface area contributed by atoms with Gasteiger partial charge in [0.1, 0.15) is 11.5 Å². The fourth-order valence-corrected chi connectivity index (χ4v) is 5.17. The molecule has 0 unspecified atom stereocenters. The molecule has 3 aromatic carbocycles. The van der Waals surface area contributed by atoms with Gasteiger partial charge in [-0.1, -0.05) is 36.7 Å². The zero-order chi connectivity index (χ0) is 27.3. The summed E-state index contributed by atoms with van der Waals surface area (Å²) in [6, 6.07) is 18.5. The molecule has 0 saturated carbocycles. The summed E-state index contributed by atoms with van der Waals surface area (Å²) in [6.45, 7) is 2.86. The van der Waals surface area contributed by atoms with Gasteiger partial charge in [-0.05, 0) is 56.1 Å². The second kappa shape index (κ2) is 11.8. The van der Waals surface area contributed by atoms with Crippen LogP contribution in [0.25, 0.3) is 11.0 Å². The lowest BCUT2D eigenvalue weighted by Crippen LogP contribution is -2.29. The van der Waals surface area contributed by atoms with Crippen molar-refractivity contribution in [1.82, 2.24) is 14.9 Å². The van der Waals surface area contributed by atoms with E-state index in [9.17, 15) is 13.2 Å². The first-order valence-corrected chi connectivity index (χ1v) is 13.9. The Balaban J connectivity index is 1.67. The molecule has 198 valence electrons. The quantitative estimate of drug-likeness (QED) is 0.285. The maximum atomic E-state index is 13.5. The van der Waals surface area contributed by atoms with Crippen LogP contribution in [0.1, 0.15) is 12.6 Å². The van der Waals surface area contributed by atoms with Crippen molar-refractivity contribution in [2.24, 2.45) is 0 Å². The van der Waals surface area contributed by atoms with Gasteiger partial charge in [-0.15, -0.1) is 0 Å². The van der Waals surface area contributed by atoms with Crippen molar-refractivity contribution in [2.75, 3.05) is 37.9 Å². The second-order valence-electron chi connectivity index (χ2n) is 8.64. The summed E-state index contributed by atoms with van der Waals surface area (Å²) in [6.07, 6.45) is 0. The smallest absolute Gasteiger partial charge is 0.238 e. The van der Waals surface area contributed by atoms with E-state index in [-0.39, 0.29) is 28.9 Å². The number of nitrogens with zero attached hydrogens (tertiary/aromatic N) is 3. The molecule has 1 amide bonds. The number of fused-ring (bicyclic) bond motifs is 1. The Morgan fingerprint density at radius 3 is 2.47 bits per heavy atom. The van der Waals surface area contributed by atoms with E-state index < -0.39 is 15.6 Å². The van der Waals surface area contributed by atoms with Gasteiger partial charge in [-0.2, -0.15) is 0 Å². The van der Waals surface area contributed by atoms with Crippen molar-refractivity contribution in [3.05, 3.63) is 77.4 Å². The van der Waals surface area contributed by atoms with Gasteiger partial charge in [0.05, 0.1) is 46.0 Å². The molecule has 11 heteroatoms. The summed E-state index contributed by atoms with van der Waals surface area (Å²) in [7, 11) is -0.498. The van der Waals surface area contributed by atoms with Crippen LogP contribution < -0.4 is 15.4 Å². The third-order valence-electron chi connectivity index (χ3n) is 5.83. The normalized spacial score (nSPS) is 11.5. The summed E-state index contributed by atoms with van der Waals surface area (Å²) in [4.78, 5) is 23.5. The van der Waals surface area contributed by atoms with Crippen LogP contribution in [0.2, 0.25) is 5.02 Å². The molecule has 0 spiro atoms. The van der Waals surface area contributed by atoms with Gasteiger partial charge in [0.25, 0.3) is 0 Å². The van der Waals surface area contributed by atoms with Gasteiger partial charge in [0.2, 0.25) is 5.91 Å². The molecule has 0 aliphatic heterocycles. The predicted octanol–water partition coefficient (Wildman–Crippen LogP) is 4.90. The number of benzene rings is 3. The number of amides is 1. The van der Waals surface area contributed by atoms with Crippen LogP contribution in [-0.2, 0) is 20.4 Å². The van der Waals surface area contributed by atoms with Crippen molar-refractivity contribution in [3.63, 3.8) is 0 Å². The maximum Gasteiger partial charge on any atom is 0.238 e. The van der Waals surface area contributed by atoms with Crippen molar-refractivity contribution in [1.29, 1.82) is 0 Å². The van der Waals surface area contributed by atoms with E-state index in [4.69, 9.17) is 16.3 Å². The number of carbonyl (C=O) groups is 1. The first kappa shape index (κ1) is 27.3. The highest BCUT2D eigenvalue weighted by Crippen LogP contribution is 2.31. The zero-order valence-corrected chi connectivity index (χ0v) is 22.8. The number of para-hydroxylation sites is 2. The van der Waals surface area contributed by atoms with Crippen LogP contribution in [0.15, 0.2) is 71.6 Å².